The summed E-state index contributed by atoms with van der Waals surface area (Å²) in [5, 5.41) is 0. The van der Waals surface area contributed by atoms with E-state index in [1.807, 2.05) is 6.92 Å². The summed E-state index contributed by atoms with van der Waals surface area (Å²) in [6.45, 7) is 1.84. The van der Waals surface area contributed by atoms with Crippen LogP contribution in [0.4, 0.5) is 8.78 Å². The second-order valence-corrected chi connectivity index (χ2v) is 5.56. The van der Waals surface area contributed by atoms with Crippen molar-refractivity contribution in [2.24, 2.45) is 0 Å². The quantitative estimate of drug-likeness (QED) is 0.754. The maximum Gasteiger partial charge on any atom is 0.206 e. The highest BCUT2D eigenvalue weighted by Gasteiger charge is 2.19. The van der Waals surface area contributed by atoms with Crippen LogP contribution < -0.4 is 0 Å². The van der Waals surface area contributed by atoms with Crippen molar-refractivity contribution < 1.29 is 13.6 Å². The lowest BCUT2D eigenvalue weighted by Gasteiger charge is -2.00. The van der Waals surface area contributed by atoms with Gasteiger partial charge < -0.3 is 0 Å². The molecule has 0 saturated heterocycles. The molecule has 17 heavy (non-hydrogen) atoms. The molecule has 0 atom stereocenters. The van der Waals surface area contributed by atoms with Crippen LogP contribution in [0.1, 0.15) is 20.1 Å². The Kier molecular flexibility index (Phi) is 3.40. The molecule has 2 rings (SSSR count). The first-order chi connectivity index (χ1) is 8.00. The number of carbonyl (C=O) groups is 1. The monoisotopic (exact) mass is 316 g/mol. The van der Waals surface area contributed by atoms with Crippen molar-refractivity contribution in [2.45, 2.75) is 6.92 Å². The molecule has 88 valence electrons. The fraction of sp³-hybridized carbons (Fsp3) is 0.0833. The fourth-order valence-electron chi connectivity index (χ4n) is 1.38. The zero-order valence-corrected chi connectivity index (χ0v) is 11.2. The van der Waals surface area contributed by atoms with Gasteiger partial charge in [-0.15, -0.1) is 11.3 Å². The van der Waals surface area contributed by atoms with Crippen LogP contribution >= 0.6 is 27.3 Å². The molecule has 0 radical (unpaired) electrons. The van der Waals surface area contributed by atoms with E-state index in [2.05, 4.69) is 15.9 Å². The molecule has 0 N–H and O–H groups in total. The highest BCUT2D eigenvalue weighted by atomic mass is 79.9. The second kappa shape index (κ2) is 4.66. The van der Waals surface area contributed by atoms with E-state index in [1.54, 1.807) is 6.07 Å². The van der Waals surface area contributed by atoms with E-state index in [1.165, 1.54) is 23.5 Å². The molecular formula is C12H7BrF2OS. The van der Waals surface area contributed by atoms with Crippen LogP contribution in [0.5, 0.6) is 0 Å². The van der Waals surface area contributed by atoms with E-state index in [-0.39, 0.29) is 5.56 Å². The number of thiophene rings is 1. The first kappa shape index (κ1) is 12.4. The van der Waals surface area contributed by atoms with Crippen molar-refractivity contribution in [3.8, 4) is 0 Å². The van der Waals surface area contributed by atoms with Gasteiger partial charge in [-0.05, 0) is 41.1 Å². The van der Waals surface area contributed by atoms with Crippen LogP contribution in [0.25, 0.3) is 0 Å². The topological polar surface area (TPSA) is 17.1 Å². The third-order valence-electron chi connectivity index (χ3n) is 2.28. The lowest BCUT2D eigenvalue weighted by Crippen LogP contribution is -2.03. The fourth-order valence-corrected chi connectivity index (χ4v) is 2.87. The molecule has 0 aliphatic heterocycles. The number of rotatable bonds is 2. The summed E-state index contributed by atoms with van der Waals surface area (Å²) < 4.78 is 27.2. The zero-order valence-electron chi connectivity index (χ0n) is 8.76. The van der Waals surface area contributed by atoms with Gasteiger partial charge in [0.2, 0.25) is 5.78 Å². The Bertz CT molecular complexity index is 573. The minimum absolute atomic E-state index is 0.237. The smallest absolute Gasteiger partial charge is 0.206 e. The van der Waals surface area contributed by atoms with Crippen LogP contribution in [0.3, 0.4) is 0 Å². The Morgan fingerprint density at radius 3 is 2.65 bits per heavy atom. The van der Waals surface area contributed by atoms with E-state index in [9.17, 15) is 13.6 Å². The van der Waals surface area contributed by atoms with Crippen LogP contribution in [-0.4, -0.2) is 5.78 Å². The van der Waals surface area contributed by atoms with Crippen molar-refractivity contribution in [1.82, 2.24) is 0 Å². The number of hydrogen-bond acceptors (Lipinski definition) is 2. The molecular weight excluding hydrogens is 310 g/mol. The van der Waals surface area contributed by atoms with Crippen molar-refractivity contribution in [3.63, 3.8) is 0 Å². The van der Waals surface area contributed by atoms with Gasteiger partial charge in [0.05, 0.1) is 10.4 Å². The van der Waals surface area contributed by atoms with E-state index in [0.29, 0.717) is 4.88 Å². The van der Waals surface area contributed by atoms with Crippen LogP contribution in [0.15, 0.2) is 28.7 Å². The molecule has 1 nitrogen and oxygen atoms in total. The van der Waals surface area contributed by atoms with E-state index in [4.69, 9.17) is 0 Å². The summed E-state index contributed by atoms with van der Waals surface area (Å²) >= 11 is 4.53. The number of halogens is 3. The lowest BCUT2D eigenvalue weighted by atomic mass is 10.1. The molecule has 0 unspecified atom stereocenters. The summed E-state index contributed by atoms with van der Waals surface area (Å²) in [6, 6.07) is 5.21. The SMILES string of the molecule is Cc1sc(C(=O)c2cccc(F)c2F)cc1Br. The summed E-state index contributed by atoms with van der Waals surface area (Å²) in [5.41, 5.74) is -0.237. The van der Waals surface area contributed by atoms with Gasteiger partial charge in [-0.3, -0.25) is 4.79 Å². The van der Waals surface area contributed by atoms with Gasteiger partial charge in [0.1, 0.15) is 0 Å². The summed E-state index contributed by atoms with van der Waals surface area (Å²) in [5.74, 6) is -2.61. The summed E-state index contributed by atoms with van der Waals surface area (Å²) in [6.07, 6.45) is 0. The highest BCUT2D eigenvalue weighted by molar-refractivity contribution is 9.10. The van der Waals surface area contributed by atoms with Gasteiger partial charge in [0.15, 0.2) is 11.6 Å². The maximum absolute atomic E-state index is 13.4. The van der Waals surface area contributed by atoms with Gasteiger partial charge in [-0.1, -0.05) is 6.07 Å². The van der Waals surface area contributed by atoms with Gasteiger partial charge in [0, 0.05) is 9.35 Å². The first-order valence-electron chi connectivity index (χ1n) is 4.75. The first-order valence-corrected chi connectivity index (χ1v) is 6.36. The molecule has 0 bridgehead atoms. The molecule has 5 heteroatoms. The molecule has 0 amide bonds. The van der Waals surface area contributed by atoms with Crippen LogP contribution in [0.2, 0.25) is 0 Å². The molecule has 0 spiro atoms. The second-order valence-electron chi connectivity index (χ2n) is 3.45. The number of hydrogen-bond donors (Lipinski definition) is 0. The van der Waals surface area contributed by atoms with Crippen molar-refractivity contribution >= 4 is 33.0 Å². The van der Waals surface area contributed by atoms with Gasteiger partial charge in [-0.25, -0.2) is 8.78 Å². The van der Waals surface area contributed by atoms with Crippen molar-refractivity contribution in [2.75, 3.05) is 0 Å². The molecule has 1 heterocycles. The molecule has 0 aliphatic carbocycles. The average molecular weight is 317 g/mol. The minimum Gasteiger partial charge on any atom is -0.288 e. The standard InChI is InChI=1S/C12H7BrF2OS/c1-6-8(13)5-10(17-6)12(16)7-3-2-4-9(14)11(7)15/h2-5H,1H3. The van der Waals surface area contributed by atoms with Gasteiger partial charge >= 0.3 is 0 Å². The molecule has 2 aromatic rings. The Morgan fingerprint density at radius 2 is 2.06 bits per heavy atom. The van der Waals surface area contributed by atoms with Crippen molar-refractivity contribution in [1.29, 1.82) is 0 Å². The summed E-state index contributed by atoms with van der Waals surface area (Å²) in [4.78, 5) is 13.3. The van der Waals surface area contributed by atoms with E-state index < -0.39 is 17.4 Å². The van der Waals surface area contributed by atoms with Gasteiger partial charge in [-0.2, -0.15) is 0 Å². The van der Waals surface area contributed by atoms with Crippen LogP contribution in [-0.2, 0) is 0 Å². The normalized spacial score (nSPS) is 10.6. The van der Waals surface area contributed by atoms with E-state index in [0.717, 1.165) is 15.4 Å². The Hall–Kier alpha value is -1.07. The number of benzene rings is 1. The summed E-state index contributed by atoms with van der Waals surface area (Å²) in [7, 11) is 0. The van der Waals surface area contributed by atoms with Gasteiger partial charge in [0.25, 0.3) is 0 Å². The number of carbonyl (C=O) groups excluding carboxylic acids is 1. The maximum atomic E-state index is 13.4. The average Bonchev–Trinajstić information content (AvgIpc) is 2.62. The Morgan fingerprint density at radius 1 is 1.35 bits per heavy atom. The molecule has 0 fully saturated rings. The Balaban J connectivity index is 2.47. The number of ketones is 1. The van der Waals surface area contributed by atoms with Crippen LogP contribution in [0, 0.1) is 18.6 Å². The Labute approximate surface area is 109 Å². The third kappa shape index (κ3) is 2.30. The zero-order chi connectivity index (χ0) is 12.6. The highest BCUT2D eigenvalue weighted by Crippen LogP contribution is 2.28. The largest absolute Gasteiger partial charge is 0.288 e. The molecule has 1 aromatic heterocycles. The minimum atomic E-state index is -1.10. The van der Waals surface area contributed by atoms with Crippen molar-refractivity contribution in [3.05, 3.63) is 55.7 Å². The predicted molar refractivity (Wildman–Crippen MR) is 66.5 cm³/mol. The number of aryl methyl sites for hydroxylation is 1. The molecule has 1 aromatic carbocycles. The molecule has 0 aliphatic rings. The predicted octanol–water partition coefficient (Wildman–Crippen LogP) is 4.33. The van der Waals surface area contributed by atoms with E-state index >= 15 is 0 Å². The molecule has 0 saturated carbocycles. The lowest BCUT2D eigenvalue weighted by molar-refractivity contribution is 0.103. The third-order valence-corrected chi connectivity index (χ3v) is 4.41.